The number of nitrogens with zero attached hydrogens (tertiary/aromatic N) is 2. The molecule has 0 radical (unpaired) electrons. The number of ether oxygens (including phenoxy) is 1. The molecular formula is C11H10ClFN2O2. The van der Waals surface area contributed by atoms with Gasteiger partial charge < -0.3 is 4.74 Å². The van der Waals surface area contributed by atoms with Crippen molar-refractivity contribution < 1.29 is 9.13 Å². The highest BCUT2D eigenvalue weighted by atomic mass is 35.5. The van der Waals surface area contributed by atoms with Gasteiger partial charge >= 0.3 is 0 Å². The van der Waals surface area contributed by atoms with E-state index in [4.69, 9.17) is 16.3 Å². The summed E-state index contributed by atoms with van der Waals surface area (Å²) >= 11 is 5.83. The summed E-state index contributed by atoms with van der Waals surface area (Å²) in [4.78, 5) is 16.0. The lowest BCUT2D eigenvalue weighted by Crippen LogP contribution is -2.21. The molecule has 6 heteroatoms. The van der Waals surface area contributed by atoms with Gasteiger partial charge in [0.2, 0.25) is 5.28 Å². The molecule has 0 aliphatic heterocycles. The maximum atomic E-state index is 13.4. The number of fused-ring (bicyclic) bond motifs is 1. The van der Waals surface area contributed by atoms with Crippen LogP contribution in [0.25, 0.3) is 10.9 Å². The summed E-state index contributed by atoms with van der Waals surface area (Å²) in [5.74, 6) is -0.557. The van der Waals surface area contributed by atoms with Crippen LogP contribution in [0.4, 0.5) is 4.39 Å². The summed E-state index contributed by atoms with van der Waals surface area (Å²) in [6.45, 7) is 2.18. The normalized spacial score (nSPS) is 10.8. The second kappa shape index (κ2) is 4.33. The van der Waals surface area contributed by atoms with Gasteiger partial charge in [-0.1, -0.05) is 0 Å². The smallest absolute Gasteiger partial charge is 0.262 e. The zero-order valence-electron chi connectivity index (χ0n) is 9.33. The third kappa shape index (κ3) is 1.86. The van der Waals surface area contributed by atoms with Gasteiger partial charge in [-0.15, -0.1) is 0 Å². The number of hydrogen-bond acceptors (Lipinski definition) is 3. The van der Waals surface area contributed by atoms with Crippen LogP contribution in [0.5, 0.6) is 5.75 Å². The van der Waals surface area contributed by atoms with Crippen LogP contribution in [0.2, 0.25) is 5.28 Å². The van der Waals surface area contributed by atoms with Crippen LogP contribution in [0.15, 0.2) is 16.9 Å². The third-order valence-corrected chi connectivity index (χ3v) is 2.79. The van der Waals surface area contributed by atoms with Gasteiger partial charge in [0.25, 0.3) is 5.56 Å². The Kier molecular flexibility index (Phi) is 3.02. The molecule has 1 heterocycles. The molecule has 0 bridgehead atoms. The van der Waals surface area contributed by atoms with Gasteiger partial charge in [-0.05, 0) is 24.6 Å². The first kappa shape index (κ1) is 11.9. The second-order valence-corrected chi connectivity index (χ2v) is 3.77. The maximum Gasteiger partial charge on any atom is 0.262 e. The van der Waals surface area contributed by atoms with Crippen molar-refractivity contribution in [2.24, 2.45) is 0 Å². The fourth-order valence-electron chi connectivity index (χ4n) is 1.63. The van der Waals surface area contributed by atoms with E-state index in [9.17, 15) is 9.18 Å². The van der Waals surface area contributed by atoms with E-state index >= 15 is 0 Å². The average molecular weight is 257 g/mol. The largest absolute Gasteiger partial charge is 0.494 e. The Labute approximate surface area is 102 Å². The minimum absolute atomic E-state index is 0.0152. The molecule has 0 saturated heterocycles. The van der Waals surface area contributed by atoms with Gasteiger partial charge in [0.05, 0.1) is 18.0 Å². The monoisotopic (exact) mass is 256 g/mol. The van der Waals surface area contributed by atoms with Crippen LogP contribution in [-0.4, -0.2) is 16.7 Å². The molecule has 1 aromatic heterocycles. The Hall–Kier alpha value is -1.62. The molecule has 90 valence electrons. The summed E-state index contributed by atoms with van der Waals surface area (Å²) in [6, 6.07) is 2.48. The van der Waals surface area contributed by atoms with E-state index in [1.165, 1.54) is 17.7 Å². The molecule has 2 rings (SSSR count). The van der Waals surface area contributed by atoms with Crippen LogP contribution < -0.4 is 10.3 Å². The van der Waals surface area contributed by atoms with E-state index in [0.29, 0.717) is 6.54 Å². The summed E-state index contributed by atoms with van der Waals surface area (Å²) in [5, 5.41) is 0.337. The number of halogens is 2. The first-order valence-electron chi connectivity index (χ1n) is 5.02. The molecule has 0 aliphatic carbocycles. The van der Waals surface area contributed by atoms with Crippen molar-refractivity contribution in [3.05, 3.63) is 33.6 Å². The fourth-order valence-corrected chi connectivity index (χ4v) is 1.91. The summed E-state index contributed by atoms with van der Waals surface area (Å²) in [5.41, 5.74) is -0.0798. The number of rotatable bonds is 2. The zero-order chi connectivity index (χ0) is 12.6. The van der Waals surface area contributed by atoms with Crippen molar-refractivity contribution >= 4 is 22.5 Å². The van der Waals surface area contributed by atoms with Crippen LogP contribution in [0, 0.1) is 5.82 Å². The molecule has 4 nitrogen and oxygen atoms in total. The number of hydrogen-bond donors (Lipinski definition) is 0. The molecule has 0 saturated carbocycles. The van der Waals surface area contributed by atoms with E-state index in [2.05, 4.69) is 4.98 Å². The number of benzene rings is 1. The predicted molar refractivity (Wildman–Crippen MR) is 63.2 cm³/mol. The highest BCUT2D eigenvalue weighted by Gasteiger charge is 2.12. The molecule has 2 aromatic rings. The first-order chi connectivity index (χ1) is 8.08. The lowest BCUT2D eigenvalue weighted by atomic mass is 10.2. The summed E-state index contributed by atoms with van der Waals surface area (Å²) in [7, 11) is 1.34. The van der Waals surface area contributed by atoms with Crippen LogP contribution >= 0.6 is 11.6 Å². The first-order valence-corrected chi connectivity index (χ1v) is 5.39. The van der Waals surface area contributed by atoms with Crippen LogP contribution in [0.1, 0.15) is 6.92 Å². The van der Waals surface area contributed by atoms with Crippen molar-refractivity contribution in [1.82, 2.24) is 9.55 Å². The van der Waals surface area contributed by atoms with Gasteiger partial charge in [-0.2, -0.15) is 0 Å². The minimum Gasteiger partial charge on any atom is -0.494 e. The van der Waals surface area contributed by atoms with E-state index in [1.54, 1.807) is 6.92 Å². The van der Waals surface area contributed by atoms with Crippen LogP contribution in [0.3, 0.4) is 0 Å². The van der Waals surface area contributed by atoms with Gasteiger partial charge in [0.1, 0.15) is 0 Å². The molecule has 1 aromatic carbocycles. The Balaban J connectivity index is 2.89. The maximum absolute atomic E-state index is 13.4. The van der Waals surface area contributed by atoms with Crippen molar-refractivity contribution in [3.8, 4) is 5.75 Å². The topological polar surface area (TPSA) is 44.1 Å². The van der Waals surface area contributed by atoms with Gasteiger partial charge in [-0.3, -0.25) is 9.36 Å². The lowest BCUT2D eigenvalue weighted by Gasteiger charge is -2.08. The quantitative estimate of drug-likeness (QED) is 0.774. The minimum atomic E-state index is -0.572. The summed E-state index contributed by atoms with van der Waals surface area (Å²) in [6.07, 6.45) is 0. The number of aromatic nitrogens is 2. The average Bonchev–Trinajstić information content (AvgIpc) is 2.29. The van der Waals surface area contributed by atoms with Crippen molar-refractivity contribution in [2.75, 3.05) is 7.11 Å². The Morgan fingerprint density at radius 2 is 2.24 bits per heavy atom. The Morgan fingerprint density at radius 1 is 1.53 bits per heavy atom. The second-order valence-electron chi connectivity index (χ2n) is 3.43. The molecule has 0 fully saturated rings. The van der Waals surface area contributed by atoms with Crippen molar-refractivity contribution in [3.63, 3.8) is 0 Å². The SMILES string of the molecule is CCn1c(Cl)nc2cc(F)c(OC)cc2c1=O. The molecule has 0 aliphatic rings. The van der Waals surface area contributed by atoms with Gasteiger partial charge in [0, 0.05) is 12.6 Å². The van der Waals surface area contributed by atoms with E-state index in [-0.39, 0.29) is 27.5 Å². The van der Waals surface area contributed by atoms with Crippen LogP contribution in [-0.2, 0) is 6.54 Å². The number of methoxy groups -OCH3 is 1. The molecule has 0 atom stereocenters. The van der Waals surface area contributed by atoms with E-state index in [0.717, 1.165) is 6.07 Å². The van der Waals surface area contributed by atoms with Crippen molar-refractivity contribution in [2.45, 2.75) is 13.5 Å². The van der Waals surface area contributed by atoms with Gasteiger partial charge in [-0.25, -0.2) is 9.37 Å². The molecule has 0 N–H and O–H groups in total. The van der Waals surface area contributed by atoms with Crippen molar-refractivity contribution in [1.29, 1.82) is 0 Å². The summed E-state index contributed by atoms with van der Waals surface area (Å²) < 4.78 is 19.6. The molecule has 0 spiro atoms. The molecule has 17 heavy (non-hydrogen) atoms. The van der Waals surface area contributed by atoms with E-state index < -0.39 is 5.82 Å². The molecular weight excluding hydrogens is 247 g/mol. The third-order valence-electron chi connectivity index (χ3n) is 2.50. The van der Waals surface area contributed by atoms with E-state index in [1.807, 2.05) is 0 Å². The highest BCUT2D eigenvalue weighted by Crippen LogP contribution is 2.22. The molecule has 0 unspecified atom stereocenters. The Morgan fingerprint density at radius 3 is 2.82 bits per heavy atom. The lowest BCUT2D eigenvalue weighted by molar-refractivity contribution is 0.387. The Bertz CT molecular complexity index is 634. The fraction of sp³-hybridized carbons (Fsp3) is 0.273. The highest BCUT2D eigenvalue weighted by molar-refractivity contribution is 6.28. The standard InChI is InChI=1S/C11H10ClFN2O2/c1-3-15-10(16)6-4-9(17-2)7(13)5-8(6)14-11(15)12/h4-5H,3H2,1-2H3. The molecule has 0 amide bonds. The van der Waals surface area contributed by atoms with Gasteiger partial charge in [0.15, 0.2) is 11.6 Å². The zero-order valence-corrected chi connectivity index (χ0v) is 10.1. The predicted octanol–water partition coefficient (Wildman–Crippen LogP) is 2.22.